The van der Waals surface area contributed by atoms with Gasteiger partial charge in [0.2, 0.25) is 0 Å². The van der Waals surface area contributed by atoms with Crippen molar-refractivity contribution in [3.8, 4) is 0 Å². The zero-order valence-electron chi connectivity index (χ0n) is 8.89. The Labute approximate surface area is 83.7 Å². The van der Waals surface area contributed by atoms with Crippen LogP contribution in [0.4, 0.5) is 0 Å². The van der Waals surface area contributed by atoms with Crippen LogP contribution in [0, 0.1) is 13.8 Å². The summed E-state index contributed by atoms with van der Waals surface area (Å²) in [6.45, 7) is 6.15. The fraction of sp³-hybridized carbons (Fsp3) is 0.600. The van der Waals surface area contributed by atoms with Crippen molar-refractivity contribution in [3.05, 3.63) is 17.0 Å². The second-order valence-electron chi connectivity index (χ2n) is 3.30. The summed E-state index contributed by atoms with van der Waals surface area (Å²) in [5.41, 5.74) is 2.04. The third kappa shape index (κ3) is 2.34. The van der Waals surface area contributed by atoms with Gasteiger partial charge in [0, 0.05) is 5.69 Å². The number of aryl methyl sites for hydroxylation is 2. The summed E-state index contributed by atoms with van der Waals surface area (Å²) >= 11 is 0. The van der Waals surface area contributed by atoms with E-state index < -0.39 is 0 Å². The van der Waals surface area contributed by atoms with E-state index in [2.05, 4.69) is 17.1 Å². The maximum Gasteiger partial charge on any atom is 0.341 e. The van der Waals surface area contributed by atoms with Gasteiger partial charge in [-0.2, -0.15) is 5.10 Å². The maximum atomic E-state index is 11.5. The molecule has 1 rings (SSSR count). The molecule has 1 aromatic rings. The van der Waals surface area contributed by atoms with Gasteiger partial charge < -0.3 is 4.74 Å². The summed E-state index contributed by atoms with van der Waals surface area (Å²) < 4.78 is 5.09. The topological polar surface area (TPSA) is 55.0 Å². The number of nitrogens with one attached hydrogen (secondary N) is 1. The molecule has 0 bridgehead atoms. The first kappa shape index (κ1) is 10.8. The van der Waals surface area contributed by atoms with Gasteiger partial charge in [-0.25, -0.2) is 4.79 Å². The number of rotatable bonds is 4. The first-order chi connectivity index (χ1) is 6.66. The van der Waals surface area contributed by atoms with Crippen molar-refractivity contribution in [2.75, 3.05) is 6.61 Å². The molecule has 0 amide bonds. The van der Waals surface area contributed by atoms with Gasteiger partial charge in [-0.05, 0) is 20.3 Å². The predicted octanol–water partition coefficient (Wildman–Crippen LogP) is 1.98. The molecule has 0 fully saturated rings. The molecular formula is C10H16N2O2. The number of nitrogens with zero attached hydrogens (tertiary/aromatic N) is 1. The molecule has 1 heterocycles. The number of carbonyl (C=O) groups is 1. The van der Waals surface area contributed by atoms with Crippen molar-refractivity contribution in [3.63, 3.8) is 0 Å². The van der Waals surface area contributed by atoms with Crippen LogP contribution >= 0.6 is 0 Å². The normalized spacial score (nSPS) is 10.2. The van der Waals surface area contributed by atoms with Crippen LogP contribution in [0.25, 0.3) is 0 Å². The number of carbonyl (C=O) groups excluding carboxylic acids is 1. The largest absolute Gasteiger partial charge is 0.462 e. The van der Waals surface area contributed by atoms with E-state index in [-0.39, 0.29) is 5.97 Å². The van der Waals surface area contributed by atoms with Gasteiger partial charge in [0.05, 0.1) is 12.3 Å². The number of aromatic amines is 1. The van der Waals surface area contributed by atoms with E-state index in [1.54, 1.807) is 6.92 Å². The van der Waals surface area contributed by atoms with Crippen molar-refractivity contribution < 1.29 is 9.53 Å². The second kappa shape index (κ2) is 4.79. The Hall–Kier alpha value is -1.32. The van der Waals surface area contributed by atoms with Crippen molar-refractivity contribution in [1.29, 1.82) is 0 Å². The monoisotopic (exact) mass is 196 g/mol. The molecule has 0 unspecified atom stereocenters. The molecule has 0 radical (unpaired) electrons. The summed E-state index contributed by atoms with van der Waals surface area (Å²) in [5.74, 6) is -0.276. The van der Waals surface area contributed by atoms with Gasteiger partial charge in [0.1, 0.15) is 5.56 Å². The lowest BCUT2D eigenvalue weighted by Crippen LogP contribution is -2.08. The molecule has 0 saturated carbocycles. The minimum absolute atomic E-state index is 0.276. The highest BCUT2D eigenvalue weighted by Crippen LogP contribution is 2.10. The lowest BCUT2D eigenvalue weighted by molar-refractivity contribution is 0.0498. The Kier molecular flexibility index (Phi) is 3.68. The van der Waals surface area contributed by atoms with Crippen molar-refractivity contribution in [2.45, 2.75) is 33.6 Å². The maximum absolute atomic E-state index is 11.5. The highest BCUT2D eigenvalue weighted by molar-refractivity contribution is 5.91. The molecule has 4 nitrogen and oxygen atoms in total. The Balaban J connectivity index is 2.60. The minimum atomic E-state index is -0.276. The van der Waals surface area contributed by atoms with Crippen LogP contribution in [0.15, 0.2) is 0 Å². The van der Waals surface area contributed by atoms with Gasteiger partial charge in [0.15, 0.2) is 0 Å². The zero-order valence-corrected chi connectivity index (χ0v) is 8.89. The van der Waals surface area contributed by atoms with Crippen molar-refractivity contribution in [2.24, 2.45) is 0 Å². The van der Waals surface area contributed by atoms with Gasteiger partial charge in [-0.1, -0.05) is 13.3 Å². The van der Waals surface area contributed by atoms with Gasteiger partial charge >= 0.3 is 5.97 Å². The molecule has 0 atom stereocenters. The van der Waals surface area contributed by atoms with E-state index in [9.17, 15) is 4.79 Å². The first-order valence-corrected chi connectivity index (χ1v) is 4.85. The van der Waals surface area contributed by atoms with Crippen LogP contribution < -0.4 is 0 Å². The average Bonchev–Trinajstić information content (AvgIpc) is 2.46. The molecule has 0 aliphatic rings. The van der Waals surface area contributed by atoms with Crippen LogP contribution in [-0.4, -0.2) is 22.8 Å². The Morgan fingerprint density at radius 3 is 2.71 bits per heavy atom. The van der Waals surface area contributed by atoms with E-state index in [4.69, 9.17) is 4.74 Å². The third-order valence-electron chi connectivity index (χ3n) is 2.06. The molecule has 78 valence electrons. The summed E-state index contributed by atoms with van der Waals surface area (Å²) in [7, 11) is 0. The Bertz CT molecular complexity index is 298. The van der Waals surface area contributed by atoms with E-state index in [0.717, 1.165) is 18.5 Å². The lowest BCUT2D eigenvalue weighted by atomic mass is 10.2. The van der Waals surface area contributed by atoms with Crippen LogP contribution in [0.5, 0.6) is 0 Å². The second-order valence-corrected chi connectivity index (χ2v) is 3.30. The summed E-state index contributed by atoms with van der Waals surface area (Å²) in [6.07, 6.45) is 1.93. The molecule has 1 aromatic heterocycles. The lowest BCUT2D eigenvalue weighted by Gasteiger charge is -2.03. The van der Waals surface area contributed by atoms with Gasteiger partial charge in [-0.15, -0.1) is 0 Å². The average molecular weight is 196 g/mol. The number of hydrogen-bond acceptors (Lipinski definition) is 3. The van der Waals surface area contributed by atoms with Crippen LogP contribution in [0.1, 0.15) is 41.5 Å². The molecule has 1 N–H and O–H groups in total. The van der Waals surface area contributed by atoms with Gasteiger partial charge in [0.25, 0.3) is 0 Å². The number of unbranched alkanes of at least 4 members (excludes halogenated alkanes) is 1. The summed E-state index contributed by atoms with van der Waals surface area (Å²) in [5, 5.41) is 6.70. The van der Waals surface area contributed by atoms with E-state index in [1.165, 1.54) is 0 Å². The van der Waals surface area contributed by atoms with E-state index in [0.29, 0.717) is 17.9 Å². The number of H-pyrrole nitrogens is 1. The minimum Gasteiger partial charge on any atom is -0.462 e. The predicted molar refractivity (Wildman–Crippen MR) is 53.3 cm³/mol. The molecule has 0 aliphatic heterocycles. The quantitative estimate of drug-likeness (QED) is 0.591. The molecule has 0 spiro atoms. The van der Waals surface area contributed by atoms with Crippen molar-refractivity contribution in [1.82, 2.24) is 10.2 Å². The number of hydrogen-bond donors (Lipinski definition) is 1. The van der Waals surface area contributed by atoms with Crippen molar-refractivity contribution >= 4 is 5.97 Å². The zero-order chi connectivity index (χ0) is 10.6. The summed E-state index contributed by atoms with van der Waals surface area (Å²) in [4.78, 5) is 11.5. The number of ether oxygens (including phenoxy) is 1. The highest BCUT2D eigenvalue weighted by atomic mass is 16.5. The first-order valence-electron chi connectivity index (χ1n) is 4.85. The molecule has 14 heavy (non-hydrogen) atoms. The smallest absolute Gasteiger partial charge is 0.341 e. The SMILES string of the molecule is CCCCOC(=O)c1c(C)n[nH]c1C. The van der Waals surface area contributed by atoms with Crippen LogP contribution in [0.3, 0.4) is 0 Å². The molecule has 4 heteroatoms. The van der Waals surface area contributed by atoms with E-state index >= 15 is 0 Å². The molecule has 0 saturated heterocycles. The Morgan fingerprint density at radius 2 is 2.21 bits per heavy atom. The fourth-order valence-corrected chi connectivity index (χ4v) is 1.23. The third-order valence-corrected chi connectivity index (χ3v) is 2.06. The van der Waals surface area contributed by atoms with Crippen LogP contribution in [-0.2, 0) is 4.74 Å². The molecule has 0 aromatic carbocycles. The molecule has 0 aliphatic carbocycles. The molecular weight excluding hydrogens is 180 g/mol. The number of aromatic nitrogens is 2. The fourth-order valence-electron chi connectivity index (χ4n) is 1.23. The summed E-state index contributed by atoms with van der Waals surface area (Å²) in [6, 6.07) is 0. The van der Waals surface area contributed by atoms with Crippen LogP contribution in [0.2, 0.25) is 0 Å². The Morgan fingerprint density at radius 1 is 1.50 bits per heavy atom. The van der Waals surface area contributed by atoms with E-state index in [1.807, 2.05) is 6.92 Å². The highest BCUT2D eigenvalue weighted by Gasteiger charge is 2.15. The number of esters is 1. The van der Waals surface area contributed by atoms with Gasteiger partial charge in [-0.3, -0.25) is 5.10 Å². The standard InChI is InChI=1S/C10H16N2O2/c1-4-5-6-14-10(13)9-7(2)11-12-8(9)3/h4-6H2,1-3H3,(H,11,12).